The second-order valence-corrected chi connectivity index (χ2v) is 14.7. The van der Waals surface area contributed by atoms with Crippen LogP contribution in [0.15, 0.2) is 133 Å². The number of nitrogens with zero attached hydrogens (tertiary/aromatic N) is 3. The molecule has 9 aromatic rings. The van der Waals surface area contributed by atoms with Crippen molar-refractivity contribution in [1.29, 1.82) is 0 Å². The van der Waals surface area contributed by atoms with E-state index in [-0.39, 0.29) is 32.9 Å². The highest BCUT2D eigenvalue weighted by Gasteiger charge is 2.40. The van der Waals surface area contributed by atoms with E-state index in [0.29, 0.717) is 64.7 Å². The van der Waals surface area contributed by atoms with Gasteiger partial charge in [-0.15, -0.1) is 0 Å². The average molecular weight is 902 g/mol. The number of pyridine rings is 1. The van der Waals surface area contributed by atoms with Crippen LogP contribution in [-0.2, 0) is 30.9 Å². The van der Waals surface area contributed by atoms with E-state index in [4.69, 9.17) is 0 Å². The highest BCUT2D eigenvalue weighted by atomic mass is 19.4. The molecule has 0 fully saturated rings. The Kier molecular flexibility index (Phi) is 9.44. The van der Waals surface area contributed by atoms with E-state index in [0.717, 1.165) is 34.9 Å². The van der Waals surface area contributed by atoms with E-state index in [2.05, 4.69) is 4.98 Å². The zero-order chi connectivity index (χ0) is 45.9. The van der Waals surface area contributed by atoms with Crippen LogP contribution in [-0.4, -0.2) is 14.1 Å². The predicted molar refractivity (Wildman–Crippen MR) is 209 cm³/mol. The summed E-state index contributed by atoms with van der Waals surface area (Å²) in [6, 6.07) is 21.7. The highest BCUT2D eigenvalue weighted by Crippen LogP contribution is 2.47. The molecule has 0 aliphatic rings. The van der Waals surface area contributed by atoms with Crippen LogP contribution in [0.2, 0.25) is 0 Å². The van der Waals surface area contributed by atoms with Crippen LogP contribution in [0, 0.1) is 0 Å². The van der Waals surface area contributed by atoms with Crippen LogP contribution >= 0.6 is 0 Å². The van der Waals surface area contributed by atoms with E-state index >= 15 is 13.2 Å². The van der Waals surface area contributed by atoms with Crippen molar-refractivity contribution in [2.45, 2.75) is 30.9 Å². The summed E-state index contributed by atoms with van der Waals surface area (Å²) >= 11 is 0. The largest absolute Gasteiger partial charge is 0.418 e. The molecule has 0 bridgehead atoms. The van der Waals surface area contributed by atoms with Crippen molar-refractivity contribution in [2.24, 2.45) is 0 Å². The lowest BCUT2D eigenvalue weighted by atomic mass is 10.0. The van der Waals surface area contributed by atoms with Crippen molar-refractivity contribution in [3.63, 3.8) is 0 Å². The summed E-state index contributed by atoms with van der Waals surface area (Å²) in [7, 11) is 0. The van der Waals surface area contributed by atoms with Gasteiger partial charge >= 0.3 is 30.9 Å². The first-order valence-corrected chi connectivity index (χ1v) is 18.6. The summed E-state index contributed by atoms with van der Waals surface area (Å²) in [5.74, 6) is 0. The monoisotopic (exact) mass is 901 g/mol. The fraction of sp³-hybridized carbons (Fsp3) is 0.109. The van der Waals surface area contributed by atoms with Crippen molar-refractivity contribution in [2.75, 3.05) is 0 Å². The number of hydrogen-bond acceptors (Lipinski definition) is 1. The van der Waals surface area contributed by atoms with Crippen molar-refractivity contribution in [3.8, 4) is 33.9 Å². The fourth-order valence-corrected chi connectivity index (χ4v) is 7.99. The SMILES string of the molecule is FC(F)(F)c1ccc2c3ccc(C(F)(F)F)cc3n(-c3cc(C(F)(F)F)c(-n4c5cc(C(F)(F)F)ccc5c5ccc(C(F)(F)F)cc54)cc3-c3cccc(-c4ccccc4)n3)c2c1. The lowest BCUT2D eigenvalue weighted by Gasteiger charge is -2.22. The first-order valence-electron chi connectivity index (χ1n) is 18.6. The van der Waals surface area contributed by atoms with Gasteiger partial charge in [-0.3, -0.25) is 0 Å². The molecular weight excluding hydrogens is 879 g/mol. The van der Waals surface area contributed by atoms with Crippen LogP contribution < -0.4 is 0 Å². The Morgan fingerprint density at radius 3 is 1.08 bits per heavy atom. The average Bonchev–Trinajstić information content (AvgIpc) is 3.73. The maximum Gasteiger partial charge on any atom is 0.418 e. The Morgan fingerprint density at radius 1 is 0.328 bits per heavy atom. The lowest BCUT2D eigenvalue weighted by Crippen LogP contribution is -2.14. The summed E-state index contributed by atoms with van der Waals surface area (Å²) < 4.78 is 220. The topological polar surface area (TPSA) is 22.8 Å². The molecular formula is C46H22F15N3. The summed E-state index contributed by atoms with van der Waals surface area (Å²) in [4.78, 5) is 4.63. The standard InChI is InChI=1S/C46H22F15N3/c47-42(48,49)24-9-13-28-29-14-10-25(43(50,51)52)18-37(29)63(36(28)17-24)40-22-33(46(59,60)61)41(21-32(40)35-8-4-7-34(62-35)23-5-2-1-3-6-23)64-38-19-26(44(53,54)55)11-15-30(38)31-16-12-27(20-39(31)64)45(56,57)58/h1-22H. The number of aromatic nitrogens is 3. The molecule has 0 aliphatic carbocycles. The van der Waals surface area contributed by atoms with Gasteiger partial charge in [0.2, 0.25) is 0 Å². The van der Waals surface area contributed by atoms with Crippen LogP contribution in [0.4, 0.5) is 65.9 Å². The van der Waals surface area contributed by atoms with E-state index in [1.165, 1.54) is 18.2 Å². The third-order valence-electron chi connectivity index (χ3n) is 10.8. The van der Waals surface area contributed by atoms with Crippen molar-refractivity contribution in [1.82, 2.24) is 14.1 Å². The Labute approximate surface area is 349 Å². The van der Waals surface area contributed by atoms with Gasteiger partial charge in [-0.2, -0.15) is 65.9 Å². The second-order valence-electron chi connectivity index (χ2n) is 14.7. The van der Waals surface area contributed by atoms with Gasteiger partial charge in [0, 0.05) is 32.7 Å². The van der Waals surface area contributed by atoms with Crippen molar-refractivity contribution in [3.05, 3.63) is 161 Å². The van der Waals surface area contributed by atoms with E-state index in [1.54, 1.807) is 30.3 Å². The first kappa shape index (κ1) is 42.3. The molecule has 0 saturated carbocycles. The smallest absolute Gasteiger partial charge is 0.309 e. The van der Waals surface area contributed by atoms with Gasteiger partial charge in [-0.05, 0) is 72.8 Å². The molecule has 3 aromatic heterocycles. The van der Waals surface area contributed by atoms with Crippen LogP contribution in [0.1, 0.15) is 27.8 Å². The molecule has 3 nitrogen and oxygen atoms in total. The molecule has 3 heterocycles. The number of halogens is 15. The third kappa shape index (κ3) is 7.23. The normalized spacial score (nSPS) is 13.2. The number of alkyl halides is 15. The predicted octanol–water partition coefficient (Wildman–Crippen LogP) is 15.7. The highest BCUT2D eigenvalue weighted by molar-refractivity contribution is 6.11. The molecule has 0 aliphatic heterocycles. The van der Waals surface area contributed by atoms with Gasteiger partial charge in [-0.1, -0.05) is 60.7 Å². The minimum absolute atomic E-state index is 0.104. The number of rotatable bonds is 4. The van der Waals surface area contributed by atoms with E-state index < -0.39 is 97.7 Å². The summed E-state index contributed by atoms with van der Waals surface area (Å²) in [6.45, 7) is 0. The van der Waals surface area contributed by atoms with Crippen LogP contribution in [0.5, 0.6) is 0 Å². The van der Waals surface area contributed by atoms with Gasteiger partial charge < -0.3 is 9.13 Å². The van der Waals surface area contributed by atoms with Crippen LogP contribution in [0.25, 0.3) is 77.5 Å². The molecule has 0 radical (unpaired) electrons. The Morgan fingerprint density at radius 2 is 0.703 bits per heavy atom. The van der Waals surface area contributed by atoms with E-state index in [9.17, 15) is 52.7 Å². The molecule has 0 unspecified atom stereocenters. The van der Waals surface area contributed by atoms with Crippen LogP contribution in [0.3, 0.4) is 0 Å². The van der Waals surface area contributed by atoms with Crippen molar-refractivity contribution < 1.29 is 65.9 Å². The van der Waals surface area contributed by atoms with Gasteiger partial charge in [0.15, 0.2) is 0 Å². The molecule has 326 valence electrons. The molecule has 0 spiro atoms. The minimum Gasteiger partial charge on any atom is -0.309 e. The van der Waals surface area contributed by atoms with E-state index in [1.807, 2.05) is 0 Å². The molecule has 0 atom stereocenters. The minimum atomic E-state index is -5.54. The molecule has 0 amide bonds. The molecule has 0 saturated heterocycles. The Bertz CT molecular complexity index is 3170. The van der Waals surface area contributed by atoms with Gasteiger partial charge in [0.05, 0.1) is 72.6 Å². The summed E-state index contributed by atoms with van der Waals surface area (Å²) in [5, 5.41) is -0.566. The van der Waals surface area contributed by atoms with Gasteiger partial charge in [-0.25, -0.2) is 4.98 Å². The number of hydrogen-bond donors (Lipinski definition) is 0. The maximum absolute atomic E-state index is 15.8. The quantitative estimate of drug-likeness (QED) is 0.161. The number of benzene rings is 6. The fourth-order valence-electron chi connectivity index (χ4n) is 7.99. The van der Waals surface area contributed by atoms with Gasteiger partial charge in [0.25, 0.3) is 0 Å². The second kappa shape index (κ2) is 14.3. The summed E-state index contributed by atoms with van der Waals surface area (Å²) in [6.07, 6.45) is -25.8. The maximum atomic E-state index is 15.8. The Hall–Kier alpha value is -6.98. The van der Waals surface area contributed by atoms with Crippen molar-refractivity contribution >= 4 is 43.6 Å². The molecule has 6 aromatic carbocycles. The molecule has 18 heteroatoms. The number of fused-ring (bicyclic) bond motifs is 6. The zero-order valence-corrected chi connectivity index (χ0v) is 31.7. The lowest BCUT2D eigenvalue weighted by molar-refractivity contribution is -0.138. The summed E-state index contributed by atoms with van der Waals surface area (Å²) in [5.41, 5.74) is -11.0. The zero-order valence-electron chi connectivity index (χ0n) is 31.7. The molecule has 64 heavy (non-hydrogen) atoms. The molecule has 9 rings (SSSR count). The Balaban J connectivity index is 1.50. The third-order valence-corrected chi connectivity index (χ3v) is 10.8. The molecule has 0 N–H and O–H groups in total. The first-order chi connectivity index (χ1) is 29.9. The van der Waals surface area contributed by atoms with Gasteiger partial charge in [0.1, 0.15) is 0 Å².